The number of carbonyl (C=O) groups is 1. The van der Waals surface area contributed by atoms with E-state index in [0.717, 1.165) is 10.7 Å². The average molecular weight is 584 g/mol. The molecule has 3 aromatic rings. The predicted molar refractivity (Wildman–Crippen MR) is 134 cm³/mol. The quantitative estimate of drug-likeness (QED) is 0.398. The number of pyridine rings is 1. The Balaban J connectivity index is 1.14. The number of nitrogens with one attached hydrogen (secondary N) is 1. The zero-order chi connectivity index (χ0) is 29.3. The van der Waals surface area contributed by atoms with E-state index in [0.29, 0.717) is 43.9 Å². The molecule has 0 bridgehead atoms. The third kappa shape index (κ3) is 4.80. The molecule has 0 atom stereocenters. The lowest BCUT2D eigenvalue weighted by molar-refractivity contribution is -0.136. The summed E-state index contributed by atoms with van der Waals surface area (Å²) >= 11 is 0. The maximum atomic E-state index is 14.7. The van der Waals surface area contributed by atoms with Gasteiger partial charge in [-0.2, -0.15) is 17.6 Å². The molecule has 2 aromatic heterocycles. The summed E-state index contributed by atoms with van der Waals surface area (Å²) in [6, 6.07) is 4.08. The third-order valence-electron chi connectivity index (χ3n) is 8.39. The Morgan fingerprint density at radius 1 is 1.20 bits per heavy atom. The van der Waals surface area contributed by atoms with Crippen molar-refractivity contribution in [3.8, 4) is 5.75 Å². The van der Waals surface area contributed by atoms with Crippen LogP contribution in [0.2, 0.25) is 0 Å². The summed E-state index contributed by atoms with van der Waals surface area (Å²) < 4.78 is 89.9. The number of aromatic nitrogens is 3. The average Bonchev–Trinajstić information content (AvgIpc) is 3.36. The lowest BCUT2D eigenvalue weighted by atomic mass is 9.76. The van der Waals surface area contributed by atoms with E-state index in [1.54, 1.807) is 6.92 Å². The highest BCUT2D eigenvalue weighted by atomic mass is 19.4. The Labute approximate surface area is 230 Å². The van der Waals surface area contributed by atoms with Crippen molar-refractivity contribution in [2.24, 2.45) is 0 Å². The second-order valence-corrected chi connectivity index (χ2v) is 11.3. The monoisotopic (exact) mass is 583 g/mol. The van der Waals surface area contributed by atoms with E-state index in [9.17, 15) is 36.2 Å². The number of hydrogen-bond donors (Lipinski definition) is 2. The fraction of sp³-hybridized carbons (Fsp3) is 0.519. The van der Waals surface area contributed by atoms with Crippen LogP contribution in [-0.4, -0.2) is 62.5 Å². The fourth-order valence-corrected chi connectivity index (χ4v) is 6.23. The Hall–Kier alpha value is -3.39. The molecule has 41 heavy (non-hydrogen) atoms. The number of benzene rings is 1. The van der Waals surface area contributed by atoms with Crippen LogP contribution in [-0.2, 0) is 16.4 Å². The van der Waals surface area contributed by atoms with Gasteiger partial charge in [-0.15, -0.1) is 5.10 Å². The standard InChI is InChI=1S/C27H27F6N5O3/c1-25(40)12-14(13-25)38-20-16(23(30)36-38)10-15(11-17(20)27(31,32)33)41-9-8-37-6-4-26(5-7-37)21-18(35-24(26)39)2-3-19(34-21)22(28)29/h2-3,10-11,14,22,40H,4-9,12-13H2,1H3,(H,35,39). The summed E-state index contributed by atoms with van der Waals surface area (Å²) in [6.45, 7) is 2.69. The summed E-state index contributed by atoms with van der Waals surface area (Å²) in [5.74, 6) is -1.50. The van der Waals surface area contributed by atoms with Gasteiger partial charge in [0.25, 0.3) is 6.43 Å². The van der Waals surface area contributed by atoms with E-state index >= 15 is 0 Å². The highest BCUT2D eigenvalue weighted by Gasteiger charge is 2.50. The first-order valence-corrected chi connectivity index (χ1v) is 13.2. The number of nitrogens with zero attached hydrogens (tertiary/aromatic N) is 4. The molecule has 1 saturated carbocycles. The van der Waals surface area contributed by atoms with Gasteiger partial charge in [0.1, 0.15) is 18.1 Å². The minimum atomic E-state index is -4.80. The number of amides is 1. The molecule has 6 rings (SSSR count). The van der Waals surface area contributed by atoms with Crippen molar-refractivity contribution in [3.05, 3.63) is 47.2 Å². The van der Waals surface area contributed by atoms with Gasteiger partial charge in [-0.25, -0.2) is 13.8 Å². The number of anilines is 1. The topological polar surface area (TPSA) is 92.5 Å². The molecule has 2 aliphatic heterocycles. The highest BCUT2D eigenvalue weighted by molar-refractivity contribution is 6.05. The molecule has 2 N–H and O–H groups in total. The number of ether oxygens (including phenoxy) is 1. The van der Waals surface area contributed by atoms with Gasteiger partial charge in [0.2, 0.25) is 11.9 Å². The first-order chi connectivity index (χ1) is 19.3. The van der Waals surface area contributed by atoms with Gasteiger partial charge in [-0.3, -0.25) is 14.4 Å². The molecule has 8 nitrogen and oxygen atoms in total. The van der Waals surface area contributed by atoms with Crippen LogP contribution in [0.3, 0.4) is 0 Å². The van der Waals surface area contributed by atoms with Crippen LogP contribution in [0.4, 0.5) is 32.0 Å². The number of rotatable bonds is 6. The Morgan fingerprint density at radius 3 is 2.54 bits per heavy atom. The van der Waals surface area contributed by atoms with Crippen molar-refractivity contribution < 1.29 is 41.0 Å². The molecule has 0 radical (unpaired) electrons. The number of halogens is 6. The van der Waals surface area contributed by atoms with Crippen LogP contribution in [0.25, 0.3) is 10.9 Å². The minimum absolute atomic E-state index is 0.00633. The second kappa shape index (κ2) is 9.58. The van der Waals surface area contributed by atoms with Gasteiger partial charge in [0.15, 0.2) is 0 Å². The first kappa shape index (κ1) is 27.8. The SMILES string of the molecule is CC1(O)CC(n2nc(F)c3cc(OCCN4CCC5(CC4)C(=O)Nc4ccc(C(F)F)nc45)cc(C(F)(F)F)c32)C1. The molecular formula is C27H27F6N5O3. The molecule has 1 saturated heterocycles. The van der Waals surface area contributed by atoms with E-state index in [1.165, 1.54) is 18.2 Å². The maximum Gasteiger partial charge on any atom is 0.418 e. The molecule has 3 aliphatic rings. The summed E-state index contributed by atoms with van der Waals surface area (Å²) in [6.07, 6.45) is -6.59. The van der Waals surface area contributed by atoms with Gasteiger partial charge in [0.05, 0.1) is 44.9 Å². The van der Waals surface area contributed by atoms with E-state index in [4.69, 9.17) is 4.74 Å². The molecule has 1 spiro atoms. The summed E-state index contributed by atoms with van der Waals surface area (Å²) in [4.78, 5) is 18.9. The van der Waals surface area contributed by atoms with Gasteiger partial charge >= 0.3 is 6.18 Å². The molecule has 2 fully saturated rings. The Kier molecular flexibility index (Phi) is 6.49. The lowest BCUT2D eigenvalue weighted by Gasteiger charge is -2.41. The van der Waals surface area contributed by atoms with Crippen LogP contribution in [0.5, 0.6) is 5.75 Å². The number of hydrogen-bond acceptors (Lipinski definition) is 6. The normalized spacial score (nSPS) is 24.1. The van der Waals surface area contributed by atoms with E-state index in [2.05, 4.69) is 15.4 Å². The number of carbonyl (C=O) groups excluding carboxylic acids is 1. The highest BCUT2D eigenvalue weighted by Crippen LogP contribution is 2.46. The van der Waals surface area contributed by atoms with Crippen LogP contribution < -0.4 is 10.1 Å². The Bertz CT molecular complexity index is 1510. The van der Waals surface area contributed by atoms with Crippen molar-refractivity contribution in [3.63, 3.8) is 0 Å². The van der Waals surface area contributed by atoms with Gasteiger partial charge in [-0.1, -0.05) is 0 Å². The summed E-state index contributed by atoms with van der Waals surface area (Å²) in [5.41, 5.74) is -3.17. The number of piperidine rings is 1. The van der Waals surface area contributed by atoms with Crippen LogP contribution >= 0.6 is 0 Å². The predicted octanol–water partition coefficient (Wildman–Crippen LogP) is 4.98. The minimum Gasteiger partial charge on any atom is -0.492 e. The van der Waals surface area contributed by atoms with Crippen LogP contribution in [0.1, 0.15) is 62.0 Å². The molecule has 4 heterocycles. The summed E-state index contributed by atoms with van der Waals surface area (Å²) in [5, 5.41) is 16.1. The van der Waals surface area contributed by atoms with Crippen molar-refractivity contribution in [1.82, 2.24) is 19.7 Å². The third-order valence-corrected chi connectivity index (χ3v) is 8.39. The fourth-order valence-electron chi connectivity index (χ4n) is 6.23. The first-order valence-electron chi connectivity index (χ1n) is 13.2. The molecule has 1 aromatic carbocycles. The van der Waals surface area contributed by atoms with Crippen molar-refractivity contribution in [2.75, 3.05) is 31.6 Å². The van der Waals surface area contributed by atoms with Crippen molar-refractivity contribution >= 4 is 22.5 Å². The molecule has 0 unspecified atom stereocenters. The number of fused-ring (bicyclic) bond motifs is 3. The molecule has 14 heteroatoms. The maximum absolute atomic E-state index is 14.7. The molecule has 1 amide bonds. The van der Waals surface area contributed by atoms with Crippen LogP contribution in [0, 0.1) is 5.95 Å². The molecule has 1 aliphatic carbocycles. The number of likely N-dealkylation sites (tertiary alicyclic amines) is 1. The number of alkyl halides is 5. The van der Waals surface area contributed by atoms with E-state index in [1.807, 2.05) is 4.90 Å². The smallest absolute Gasteiger partial charge is 0.418 e. The molecule has 220 valence electrons. The number of aliphatic hydroxyl groups is 1. The summed E-state index contributed by atoms with van der Waals surface area (Å²) in [7, 11) is 0. The van der Waals surface area contributed by atoms with Crippen molar-refractivity contribution in [2.45, 2.75) is 62.3 Å². The van der Waals surface area contributed by atoms with E-state index in [-0.39, 0.29) is 42.0 Å². The lowest BCUT2D eigenvalue weighted by Crippen LogP contribution is -2.47. The van der Waals surface area contributed by atoms with Crippen molar-refractivity contribution in [1.29, 1.82) is 0 Å². The zero-order valence-electron chi connectivity index (χ0n) is 21.9. The van der Waals surface area contributed by atoms with Gasteiger partial charge in [-0.05, 0) is 70.0 Å². The molecular weight excluding hydrogens is 556 g/mol. The van der Waals surface area contributed by atoms with Gasteiger partial charge in [0, 0.05) is 6.54 Å². The second-order valence-electron chi connectivity index (χ2n) is 11.3. The Morgan fingerprint density at radius 2 is 1.90 bits per heavy atom. The van der Waals surface area contributed by atoms with Crippen LogP contribution in [0.15, 0.2) is 24.3 Å². The van der Waals surface area contributed by atoms with Gasteiger partial charge < -0.3 is 15.2 Å². The largest absolute Gasteiger partial charge is 0.492 e. The zero-order valence-corrected chi connectivity index (χ0v) is 21.9. The van der Waals surface area contributed by atoms with E-state index < -0.39 is 46.9 Å².